The number of nitrogens with one attached hydrogen (secondary N) is 1. The lowest BCUT2D eigenvalue weighted by atomic mass is 10.2. The molecule has 0 saturated heterocycles. The van der Waals surface area contributed by atoms with Crippen molar-refractivity contribution in [3.05, 3.63) is 81.8 Å². The lowest BCUT2D eigenvalue weighted by Crippen LogP contribution is -2.28. The molecule has 174 valence electrons. The predicted octanol–water partition coefficient (Wildman–Crippen LogP) is 5.04. The van der Waals surface area contributed by atoms with Crippen LogP contribution in [0.3, 0.4) is 0 Å². The number of hydrogen-bond acceptors (Lipinski definition) is 6. The molecule has 4 rings (SSSR count). The Labute approximate surface area is 206 Å². The molecule has 0 bridgehead atoms. The van der Waals surface area contributed by atoms with Crippen LogP contribution in [0.25, 0.3) is 11.0 Å². The average Bonchev–Trinajstić information content (AvgIpc) is 3.28. The summed E-state index contributed by atoms with van der Waals surface area (Å²) < 4.78 is 12.8. The van der Waals surface area contributed by atoms with Gasteiger partial charge in [-0.05, 0) is 60.5 Å². The number of nitrogens with zero attached hydrogens (tertiary/aromatic N) is 4. The van der Waals surface area contributed by atoms with E-state index in [0.29, 0.717) is 28.2 Å². The van der Waals surface area contributed by atoms with Gasteiger partial charge in [0.25, 0.3) is 5.91 Å². The van der Waals surface area contributed by atoms with Crippen LogP contribution in [0.1, 0.15) is 24.1 Å². The van der Waals surface area contributed by atoms with Gasteiger partial charge in [0.2, 0.25) is 0 Å². The maximum atomic E-state index is 12.5. The molecule has 1 heterocycles. The quantitative estimate of drug-likeness (QED) is 0.272. The first-order valence-corrected chi connectivity index (χ1v) is 11.1. The van der Waals surface area contributed by atoms with Crippen molar-refractivity contribution < 1.29 is 14.3 Å². The Hall–Kier alpha value is -3.62. The normalized spacial score (nSPS) is 12.1. The monoisotopic (exact) mass is 497 g/mol. The zero-order valence-corrected chi connectivity index (χ0v) is 19.9. The number of rotatable bonds is 8. The maximum Gasteiger partial charge on any atom is 0.264 e. The molecule has 3 aromatic carbocycles. The number of hydrazone groups is 1. The number of ether oxygens (including phenoxy) is 2. The standard InChI is InChI=1S/C24H21Cl2N5O3/c1-15(31-21-6-4-3-5-20(21)28-30-31)24(32)29-27-13-16-8-10-22(23(12-16)33-2)34-14-17-7-9-18(25)19(26)11-17/h3-13,15H,14H2,1-2H3,(H,29,32)/b27-13-/t15-/m1/s1. The molecular weight excluding hydrogens is 477 g/mol. The van der Waals surface area contributed by atoms with Crippen molar-refractivity contribution in [1.29, 1.82) is 0 Å². The van der Waals surface area contributed by atoms with E-state index >= 15 is 0 Å². The SMILES string of the molecule is COc1cc(/C=N\NC(=O)[C@@H](C)n2nnc3ccccc32)ccc1OCc1ccc(Cl)c(Cl)c1. The highest BCUT2D eigenvalue weighted by atomic mass is 35.5. The smallest absolute Gasteiger partial charge is 0.264 e. The second-order valence-electron chi connectivity index (χ2n) is 7.38. The van der Waals surface area contributed by atoms with Crippen molar-refractivity contribution in [2.24, 2.45) is 5.10 Å². The number of aromatic nitrogens is 3. The fourth-order valence-corrected chi connectivity index (χ4v) is 3.54. The van der Waals surface area contributed by atoms with Crippen molar-refractivity contribution in [3.63, 3.8) is 0 Å². The van der Waals surface area contributed by atoms with E-state index in [-0.39, 0.29) is 5.91 Å². The van der Waals surface area contributed by atoms with Crippen LogP contribution in [0.4, 0.5) is 0 Å². The fraction of sp³-hybridized carbons (Fsp3) is 0.167. The largest absolute Gasteiger partial charge is 0.493 e. The van der Waals surface area contributed by atoms with Gasteiger partial charge >= 0.3 is 0 Å². The summed E-state index contributed by atoms with van der Waals surface area (Å²) in [6.07, 6.45) is 1.52. The number of amides is 1. The minimum absolute atomic E-state index is 0.297. The van der Waals surface area contributed by atoms with Gasteiger partial charge in [0.05, 0.1) is 28.9 Å². The summed E-state index contributed by atoms with van der Waals surface area (Å²) >= 11 is 12.0. The van der Waals surface area contributed by atoms with Gasteiger partial charge in [0, 0.05) is 0 Å². The highest BCUT2D eigenvalue weighted by molar-refractivity contribution is 6.42. The maximum absolute atomic E-state index is 12.5. The number of carbonyl (C=O) groups is 1. The Morgan fingerprint density at radius 2 is 1.94 bits per heavy atom. The van der Waals surface area contributed by atoms with E-state index in [1.165, 1.54) is 6.21 Å². The molecule has 34 heavy (non-hydrogen) atoms. The first-order chi connectivity index (χ1) is 16.5. The molecule has 0 saturated carbocycles. The van der Waals surface area contributed by atoms with Gasteiger partial charge in [-0.25, -0.2) is 10.1 Å². The molecule has 1 amide bonds. The van der Waals surface area contributed by atoms with Crippen molar-refractivity contribution in [1.82, 2.24) is 20.4 Å². The molecule has 0 aliphatic heterocycles. The van der Waals surface area contributed by atoms with E-state index in [0.717, 1.165) is 22.2 Å². The third-order valence-electron chi connectivity index (χ3n) is 5.08. The number of halogens is 2. The van der Waals surface area contributed by atoms with Crippen LogP contribution in [0.15, 0.2) is 65.8 Å². The first kappa shape index (κ1) is 23.5. The summed E-state index contributed by atoms with van der Waals surface area (Å²) in [5.74, 6) is 0.764. The van der Waals surface area contributed by atoms with E-state index < -0.39 is 6.04 Å². The minimum Gasteiger partial charge on any atom is -0.493 e. The van der Waals surface area contributed by atoms with Crippen LogP contribution in [0.5, 0.6) is 11.5 Å². The minimum atomic E-state index is -0.587. The number of hydrogen-bond donors (Lipinski definition) is 1. The lowest BCUT2D eigenvalue weighted by Gasteiger charge is -2.12. The van der Waals surface area contributed by atoms with Crippen LogP contribution in [0, 0.1) is 0 Å². The number of methoxy groups -OCH3 is 1. The summed E-state index contributed by atoms with van der Waals surface area (Å²) in [5, 5.41) is 13.2. The van der Waals surface area contributed by atoms with Crippen LogP contribution < -0.4 is 14.9 Å². The van der Waals surface area contributed by atoms with Gasteiger partial charge in [0.15, 0.2) is 11.5 Å². The van der Waals surface area contributed by atoms with Crippen molar-refractivity contribution >= 4 is 46.4 Å². The Kier molecular flexibility index (Phi) is 7.30. The van der Waals surface area contributed by atoms with Gasteiger partial charge in [-0.3, -0.25) is 4.79 Å². The molecule has 1 aromatic heterocycles. The second kappa shape index (κ2) is 10.5. The van der Waals surface area contributed by atoms with E-state index in [1.807, 2.05) is 30.3 Å². The van der Waals surface area contributed by atoms with E-state index in [1.54, 1.807) is 49.0 Å². The summed E-state index contributed by atoms with van der Waals surface area (Å²) in [5.41, 5.74) is 5.63. The molecule has 0 fully saturated rings. The molecule has 0 unspecified atom stereocenters. The lowest BCUT2D eigenvalue weighted by molar-refractivity contribution is -0.124. The van der Waals surface area contributed by atoms with Gasteiger partial charge in [0.1, 0.15) is 18.2 Å². The summed E-state index contributed by atoms with van der Waals surface area (Å²) in [4.78, 5) is 12.5. The molecule has 8 nitrogen and oxygen atoms in total. The molecule has 1 atom stereocenters. The van der Waals surface area contributed by atoms with Gasteiger partial charge in [-0.2, -0.15) is 5.10 Å². The molecule has 10 heteroatoms. The van der Waals surface area contributed by atoms with Gasteiger partial charge in [-0.1, -0.05) is 46.6 Å². The van der Waals surface area contributed by atoms with E-state index in [4.69, 9.17) is 32.7 Å². The van der Waals surface area contributed by atoms with E-state index in [9.17, 15) is 4.79 Å². The zero-order chi connectivity index (χ0) is 24.1. The number of para-hydroxylation sites is 1. The molecule has 4 aromatic rings. The van der Waals surface area contributed by atoms with Crippen molar-refractivity contribution in [3.8, 4) is 11.5 Å². The van der Waals surface area contributed by atoms with Crippen LogP contribution in [-0.4, -0.2) is 34.2 Å². The number of benzene rings is 3. The Bertz CT molecular complexity index is 1360. The molecular formula is C24H21Cl2N5O3. The zero-order valence-electron chi connectivity index (χ0n) is 18.4. The number of fused-ring (bicyclic) bond motifs is 1. The molecule has 0 radical (unpaired) electrons. The highest BCUT2D eigenvalue weighted by Gasteiger charge is 2.18. The summed E-state index contributed by atoms with van der Waals surface area (Å²) in [7, 11) is 1.55. The van der Waals surface area contributed by atoms with Gasteiger partial charge in [-0.15, -0.1) is 5.10 Å². The van der Waals surface area contributed by atoms with Crippen LogP contribution in [0.2, 0.25) is 10.0 Å². The predicted molar refractivity (Wildman–Crippen MR) is 132 cm³/mol. The number of carbonyl (C=O) groups excluding carboxylic acids is 1. The third kappa shape index (κ3) is 5.30. The molecule has 0 aliphatic carbocycles. The van der Waals surface area contributed by atoms with E-state index in [2.05, 4.69) is 20.8 Å². The topological polar surface area (TPSA) is 90.6 Å². The highest BCUT2D eigenvalue weighted by Crippen LogP contribution is 2.29. The Morgan fingerprint density at radius 3 is 2.74 bits per heavy atom. The molecule has 0 spiro atoms. The average molecular weight is 498 g/mol. The van der Waals surface area contributed by atoms with Crippen molar-refractivity contribution in [2.75, 3.05) is 7.11 Å². The first-order valence-electron chi connectivity index (χ1n) is 10.3. The fourth-order valence-electron chi connectivity index (χ4n) is 3.22. The summed E-state index contributed by atoms with van der Waals surface area (Å²) in [6, 6.07) is 17.5. The third-order valence-corrected chi connectivity index (χ3v) is 5.82. The van der Waals surface area contributed by atoms with Crippen LogP contribution in [-0.2, 0) is 11.4 Å². The molecule has 0 aliphatic rings. The van der Waals surface area contributed by atoms with Crippen LogP contribution >= 0.6 is 23.2 Å². The molecule has 1 N–H and O–H groups in total. The second-order valence-corrected chi connectivity index (χ2v) is 8.19. The van der Waals surface area contributed by atoms with Gasteiger partial charge < -0.3 is 9.47 Å². The Balaban J connectivity index is 1.38. The summed E-state index contributed by atoms with van der Waals surface area (Å²) in [6.45, 7) is 2.03. The van der Waals surface area contributed by atoms with Crippen molar-refractivity contribution in [2.45, 2.75) is 19.6 Å². The Morgan fingerprint density at radius 1 is 1.12 bits per heavy atom.